The van der Waals surface area contributed by atoms with E-state index in [0.717, 1.165) is 17.8 Å². The zero-order chi connectivity index (χ0) is 17.5. The molecule has 6 heteroatoms. The number of hydrogen-bond acceptors (Lipinski definition) is 6. The number of carbonyl (C=O) groups is 3. The summed E-state index contributed by atoms with van der Waals surface area (Å²) in [5.41, 5.74) is 2.06. The van der Waals surface area contributed by atoms with Gasteiger partial charge in [0.1, 0.15) is 0 Å². The van der Waals surface area contributed by atoms with Gasteiger partial charge < -0.3 is 14.8 Å². The Hall–Kier alpha value is -2.63. The van der Waals surface area contributed by atoms with Crippen LogP contribution >= 0.6 is 0 Å². The third kappa shape index (κ3) is 4.22. The summed E-state index contributed by atoms with van der Waals surface area (Å²) in [4.78, 5) is 36.1. The number of esters is 2. The molecule has 0 radical (unpaired) electrons. The van der Waals surface area contributed by atoms with Crippen LogP contribution in [0.4, 0.5) is 5.69 Å². The summed E-state index contributed by atoms with van der Waals surface area (Å²) in [5.74, 6) is -2.60. The minimum Gasteiger partial charge on any atom is -0.468 e. The Labute approximate surface area is 140 Å². The molecule has 1 aliphatic rings. The Kier molecular flexibility index (Phi) is 6.12. The lowest BCUT2D eigenvalue weighted by Gasteiger charge is -2.23. The van der Waals surface area contributed by atoms with Crippen LogP contribution in [0.3, 0.4) is 0 Å². The van der Waals surface area contributed by atoms with Crippen LogP contribution in [0.1, 0.15) is 25.7 Å². The number of benzene rings is 1. The summed E-state index contributed by atoms with van der Waals surface area (Å²) in [6.07, 6.45) is 1.81. The van der Waals surface area contributed by atoms with Crippen molar-refractivity contribution in [3.63, 3.8) is 0 Å². The van der Waals surface area contributed by atoms with E-state index in [2.05, 4.69) is 14.8 Å². The second-order valence-corrected chi connectivity index (χ2v) is 5.53. The summed E-state index contributed by atoms with van der Waals surface area (Å²) in [6.45, 7) is 0. The van der Waals surface area contributed by atoms with E-state index in [4.69, 9.17) is 0 Å². The van der Waals surface area contributed by atoms with Crippen LogP contribution in [-0.4, -0.2) is 31.9 Å². The van der Waals surface area contributed by atoms with Gasteiger partial charge in [-0.2, -0.15) is 0 Å². The molecule has 0 heterocycles. The molecule has 2 rings (SSSR count). The molecule has 0 unspecified atom stereocenters. The summed E-state index contributed by atoms with van der Waals surface area (Å²) in [6, 6.07) is 9.46. The summed E-state index contributed by atoms with van der Waals surface area (Å²) in [7, 11) is 2.41. The van der Waals surface area contributed by atoms with Crippen molar-refractivity contribution < 1.29 is 23.9 Å². The lowest BCUT2D eigenvalue weighted by atomic mass is 9.87. The standard InChI is InChI=1S/C18H21NO5/c1-23-17(21)14(18(22)24-2)11-13-15(9-6-10-16(13)20)19-12-7-4-3-5-8-12/h3-5,7-8,14,19H,6,9-11H2,1-2H3. The van der Waals surface area contributed by atoms with Crippen molar-refractivity contribution in [2.24, 2.45) is 5.92 Å². The molecule has 6 nitrogen and oxygen atoms in total. The maximum Gasteiger partial charge on any atom is 0.320 e. The van der Waals surface area contributed by atoms with Crippen molar-refractivity contribution in [3.8, 4) is 0 Å². The maximum absolute atomic E-state index is 12.4. The van der Waals surface area contributed by atoms with Gasteiger partial charge in [0.25, 0.3) is 0 Å². The van der Waals surface area contributed by atoms with Crippen LogP contribution in [0.15, 0.2) is 41.6 Å². The van der Waals surface area contributed by atoms with Crippen LogP contribution in [0.2, 0.25) is 0 Å². The van der Waals surface area contributed by atoms with Gasteiger partial charge in [0.2, 0.25) is 0 Å². The quantitative estimate of drug-likeness (QED) is 0.637. The Morgan fingerprint density at radius 1 is 1.08 bits per heavy atom. The highest BCUT2D eigenvalue weighted by Crippen LogP contribution is 2.29. The average molecular weight is 331 g/mol. The van der Waals surface area contributed by atoms with Crippen LogP contribution in [0.25, 0.3) is 0 Å². The lowest BCUT2D eigenvalue weighted by Crippen LogP contribution is -2.29. The Morgan fingerprint density at radius 2 is 1.71 bits per heavy atom. The van der Waals surface area contributed by atoms with Gasteiger partial charge in [0.15, 0.2) is 11.7 Å². The fourth-order valence-corrected chi connectivity index (χ4v) is 2.72. The highest BCUT2D eigenvalue weighted by atomic mass is 16.5. The molecule has 1 N–H and O–H groups in total. The molecule has 0 saturated heterocycles. The van der Waals surface area contributed by atoms with E-state index in [9.17, 15) is 14.4 Å². The van der Waals surface area contributed by atoms with E-state index in [1.807, 2.05) is 30.3 Å². The van der Waals surface area contributed by atoms with Crippen molar-refractivity contribution in [2.75, 3.05) is 19.5 Å². The van der Waals surface area contributed by atoms with E-state index in [1.165, 1.54) is 14.2 Å². The Balaban J connectivity index is 2.30. The number of carbonyl (C=O) groups excluding carboxylic acids is 3. The molecule has 0 aliphatic heterocycles. The van der Waals surface area contributed by atoms with Gasteiger partial charge in [-0.05, 0) is 25.0 Å². The molecule has 1 aromatic carbocycles. The first-order valence-electron chi connectivity index (χ1n) is 7.79. The molecular formula is C18H21NO5. The lowest BCUT2D eigenvalue weighted by molar-refractivity contribution is -0.158. The van der Waals surface area contributed by atoms with Gasteiger partial charge in [-0.15, -0.1) is 0 Å². The van der Waals surface area contributed by atoms with E-state index in [1.54, 1.807) is 0 Å². The summed E-state index contributed by atoms with van der Waals surface area (Å²) in [5, 5.41) is 3.24. The first-order chi connectivity index (χ1) is 11.6. The molecule has 0 fully saturated rings. The molecule has 0 saturated carbocycles. The second-order valence-electron chi connectivity index (χ2n) is 5.53. The van der Waals surface area contributed by atoms with Gasteiger partial charge in [0.05, 0.1) is 14.2 Å². The molecule has 0 spiro atoms. The molecule has 1 aromatic rings. The number of methoxy groups -OCH3 is 2. The molecule has 0 atom stereocenters. The van der Waals surface area contributed by atoms with Crippen molar-refractivity contribution in [1.82, 2.24) is 0 Å². The Bertz CT molecular complexity index is 635. The number of anilines is 1. The van der Waals surface area contributed by atoms with Crippen LogP contribution in [0.5, 0.6) is 0 Å². The highest BCUT2D eigenvalue weighted by Gasteiger charge is 2.33. The van der Waals surface area contributed by atoms with E-state index < -0.39 is 17.9 Å². The number of rotatable bonds is 6. The minimum absolute atomic E-state index is 0.0205. The molecule has 24 heavy (non-hydrogen) atoms. The zero-order valence-electron chi connectivity index (χ0n) is 13.8. The fourth-order valence-electron chi connectivity index (χ4n) is 2.72. The van der Waals surface area contributed by atoms with Gasteiger partial charge in [-0.25, -0.2) is 0 Å². The SMILES string of the molecule is COC(=O)C(CC1=C(Nc2ccccc2)CCCC1=O)C(=O)OC. The normalized spacial score (nSPS) is 14.5. The second kappa shape index (κ2) is 8.29. The molecule has 1 aliphatic carbocycles. The van der Waals surface area contributed by atoms with E-state index >= 15 is 0 Å². The molecular weight excluding hydrogens is 310 g/mol. The zero-order valence-corrected chi connectivity index (χ0v) is 13.8. The van der Waals surface area contributed by atoms with Crippen molar-refractivity contribution >= 4 is 23.4 Å². The number of para-hydroxylation sites is 1. The third-order valence-electron chi connectivity index (χ3n) is 3.98. The van der Waals surface area contributed by atoms with Crippen molar-refractivity contribution in [2.45, 2.75) is 25.7 Å². The van der Waals surface area contributed by atoms with Gasteiger partial charge in [-0.1, -0.05) is 18.2 Å². The van der Waals surface area contributed by atoms with E-state index in [-0.39, 0.29) is 12.2 Å². The van der Waals surface area contributed by atoms with Gasteiger partial charge >= 0.3 is 11.9 Å². The molecule has 0 bridgehead atoms. The highest BCUT2D eigenvalue weighted by molar-refractivity contribution is 6.01. The Morgan fingerprint density at radius 3 is 2.29 bits per heavy atom. The van der Waals surface area contributed by atoms with Crippen LogP contribution in [-0.2, 0) is 23.9 Å². The number of hydrogen-bond donors (Lipinski definition) is 1. The van der Waals surface area contributed by atoms with Gasteiger partial charge in [0, 0.05) is 29.8 Å². The number of ether oxygens (including phenoxy) is 2. The van der Waals surface area contributed by atoms with Crippen LogP contribution in [0, 0.1) is 5.92 Å². The predicted octanol–water partition coefficient (Wildman–Crippen LogP) is 2.46. The molecule has 0 amide bonds. The molecule has 0 aromatic heterocycles. The van der Waals surface area contributed by atoms with Gasteiger partial charge in [-0.3, -0.25) is 14.4 Å². The summed E-state index contributed by atoms with van der Waals surface area (Å²) < 4.78 is 9.34. The largest absolute Gasteiger partial charge is 0.468 e. The smallest absolute Gasteiger partial charge is 0.320 e. The topological polar surface area (TPSA) is 81.7 Å². The fraction of sp³-hybridized carbons (Fsp3) is 0.389. The van der Waals surface area contributed by atoms with E-state index in [0.29, 0.717) is 18.4 Å². The number of Topliss-reactive ketones (excluding diaryl/α,β-unsaturated/α-hetero) is 1. The minimum atomic E-state index is -1.13. The first kappa shape index (κ1) is 17.7. The number of nitrogens with one attached hydrogen (secondary N) is 1. The van der Waals surface area contributed by atoms with Crippen LogP contribution < -0.4 is 5.32 Å². The predicted molar refractivity (Wildman–Crippen MR) is 88.1 cm³/mol. The first-order valence-corrected chi connectivity index (χ1v) is 7.79. The monoisotopic (exact) mass is 331 g/mol. The summed E-state index contributed by atoms with van der Waals surface area (Å²) >= 11 is 0. The average Bonchev–Trinajstić information content (AvgIpc) is 2.61. The number of ketones is 1. The van der Waals surface area contributed by atoms with Crippen molar-refractivity contribution in [1.29, 1.82) is 0 Å². The maximum atomic E-state index is 12.4. The number of allylic oxidation sites excluding steroid dienone is 2. The van der Waals surface area contributed by atoms with Crippen molar-refractivity contribution in [3.05, 3.63) is 41.6 Å². The molecule has 128 valence electrons. The third-order valence-corrected chi connectivity index (χ3v) is 3.98.